The van der Waals surface area contributed by atoms with Crippen LogP contribution in [0.4, 0.5) is 5.95 Å². The Hall–Kier alpha value is -2.80. The SMILES string of the molecule is COc1ccc(Cc2cn(C)c(NS(=O)(=O)c3ccc(C)cc3)n2)cc1. The largest absolute Gasteiger partial charge is 0.497 e. The van der Waals surface area contributed by atoms with Gasteiger partial charge in [-0.25, -0.2) is 18.1 Å². The number of rotatable bonds is 6. The first-order valence-electron chi connectivity index (χ1n) is 8.12. The highest BCUT2D eigenvalue weighted by Gasteiger charge is 2.17. The summed E-state index contributed by atoms with van der Waals surface area (Å²) in [6.07, 6.45) is 2.42. The molecule has 0 bridgehead atoms. The standard InChI is InChI=1S/C19H21N3O3S/c1-14-4-10-18(11-5-14)26(23,24)21-19-20-16(13-22(19)2)12-15-6-8-17(25-3)9-7-15/h4-11,13H,12H2,1-3H3,(H,20,21). The number of nitrogens with one attached hydrogen (secondary N) is 1. The molecule has 0 aliphatic carbocycles. The molecule has 26 heavy (non-hydrogen) atoms. The van der Waals surface area contributed by atoms with Crippen LogP contribution in [0.3, 0.4) is 0 Å². The van der Waals surface area contributed by atoms with Crippen molar-refractivity contribution in [1.82, 2.24) is 9.55 Å². The van der Waals surface area contributed by atoms with Gasteiger partial charge in [0.15, 0.2) is 0 Å². The minimum Gasteiger partial charge on any atom is -0.497 e. The van der Waals surface area contributed by atoms with Crippen LogP contribution in [0.2, 0.25) is 0 Å². The second-order valence-electron chi connectivity index (χ2n) is 6.11. The molecule has 0 radical (unpaired) electrons. The number of nitrogens with zero attached hydrogens (tertiary/aromatic N) is 2. The van der Waals surface area contributed by atoms with Gasteiger partial charge in [0, 0.05) is 19.7 Å². The molecule has 3 aromatic rings. The first kappa shape index (κ1) is 18.0. The van der Waals surface area contributed by atoms with Crippen LogP contribution >= 0.6 is 0 Å². The number of aryl methyl sites for hydroxylation is 2. The predicted molar refractivity (Wildman–Crippen MR) is 101 cm³/mol. The minimum absolute atomic E-state index is 0.211. The van der Waals surface area contributed by atoms with Gasteiger partial charge in [-0.3, -0.25) is 0 Å². The van der Waals surface area contributed by atoms with E-state index in [0.29, 0.717) is 6.42 Å². The molecule has 7 heteroatoms. The Kier molecular flexibility index (Phi) is 4.99. The van der Waals surface area contributed by atoms with Gasteiger partial charge in [0.25, 0.3) is 10.0 Å². The second-order valence-corrected chi connectivity index (χ2v) is 7.79. The van der Waals surface area contributed by atoms with Crippen molar-refractivity contribution in [3.63, 3.8) is 0 Å². The van der Waals surface area contributed by atoms with Gasteiger partial charge in [0.1, 0.15) is 5.75 Å². The predicted octanol–water partition coefficient (Wildman–Crippen LogP) is 3.13. The molecule has 2 aromatic carbocycles. The summed E-state index contributed by atoms with van der Waals surface area (Å²) < 4.78 is 34.4. The minimum atomic E-state index is -3.67. The van der Waals surface area contributed by atoms with Crippen LogP contribution in [0.5, 0.6) is 5.75 Å². The molecule has 0 saturated heterocycles. The Morgan fingerprint density at radius 1 is 1.08 bits per heavy atom. The summed E-state index contributed by atoms with van der Waals surface area (Å²) in [5, 5.41) is 0. The van der Waals surface area contributed by atoms with Gasteiger partial charge in [0.2, 0.25) is 5.95 Å². The van der Waals surface area contributed by atoms with Crippen molar-refractivity contribution >= 4 is 16.0 Å². The van der Waals surface area contributed by atoms with Gasteiger partial charge in [-0.1, -0.05) is 29.8 Å². The lowest BCUT2D eigenvalue weighted by Gasteiger charge is -2.07. The monoisotopic (exact) mass is 371 g/mol. The summed E-state index contributed by atoms with van der Waals surface area (Å²) in [7, 11) is -0.284. The number of ether oxygens (including phenoxy) is 1. The second kappa shape index (κ2) is 7.21. The molecule has 0 amide bonds. The number of aromatic nitrogens is 2. The first-order valence-corrected chi connectivity index (χ1v) is 9.60. The van der Waals surface area contributed by atoms with E-state index in [9.17, 15) is 8.42 Å². The maximum absolute atomic E-state index is 12.5. The van der Waals surface area contributed by atoms with E-state index in [2.05, 4.69) is 9.71 Å². The summed E-state index contributed by atoms with van der Waals surface area (Å²) in [6.45, 7) is 1.91. The van der Waals surface area contributed by atoms with Gasteiger partial charge in [0.05, 0.1) is 17.7 Å². The van der Waals surface area contributed by atoms with E-state index in [1.165, 1.54) is 0 Å². The molecule has 3 rings (SSSR count). The van der Waals surface area contributed by atoms with Crippen molar-refractivity contribution in [2.24, 2.45) is 7.05 Å². The molecule has 0 aliphatic rings. The van der Waals surface area contributed by atoms with E-state index in [1.54, 1.807) is 43.0 Å². The Bertz CT molecular complexity index is 992. The summed E-state index contributed by atoms with van der Waals surface area (Å²) in [6, 6.07) is 14.4. The lowest BCUT2D eigenvalue weighted by atomic mass is 10.1. The topological polar surface area (TPSA) is 73.2 Å². The molecule has 1 heterocycles. The Morgan fingerprint density at radius 3 is 2.35 bits per heavy atom. The smallest absolute Gasteiger partial charge is 0.264 e. The number of imidazole rings is 1. The number of sulfonamides is 1. The average Bonchev–Trinajstić information content (AvgIpc) is 2.94. The fraction of sp³-hybridized carbons (Fsp3) is 0.211. The van der Waals surface area contributed by atoms with Crippen LogP contribution in [0.25, 0.3) is 0 Å². The van der Waals surface area contributed by atoms with E-state index >= 15 is 0 Å². The molecule has 0 unspecified atom stereocenters. The van der Waals surface area contributed by atoms with E-state index in [-0.39, 0.29) is 10.8 Å². The van der Waals surface area contributed by atoms with Crippen molar-refractivity contribution in [3.8, 4) is 5.75 Å². The van der Waals surface area contributed by atoms with Crippen LogP contribution in [0.1, 0.15) is 16.8 Å². The van der Waals surface area contributed by atoms with Crippen LogP contribution in [0, 0.1) is 6.92 Å². The molecule has 0 saturated carbocycles. The molecule has 0 aliphatic heterocycles. The zero-order valence-electron chi connectivity index (χ0n) is 14.9. The lowest BCUT2D eigenvalue weighted by Crippen LogP contribution is -2.15. The number of anilines is 1. The average molecular weight is 371 g/mol. The van der Waals surface area contributed by atoms with Crippen molar-refractivity contribution < 1.29 is 13.2 Å². The fourth-order valence-corrected chi connectivity index (χ4v) is 3.60. The highest BCUT2D eigenvalue weighted by Crippen LogP contribution is 2.18. The summed E-state index contributed by atoms with van der Waals surface area (Å²) in [5.41, 5.74) is 2.85. The van der Waals surface area contributed by atoms with E-state index in [1.807, 2.05) is 37.4 Å². The molecule has 0 spiro atoms. The molecule has 6 nitrogen and oxygen atoms in total. The quantitative estimate of drug-likeness (QED) is 0.722. The Balaban J connectivity index is 1.78. The maximum Gasteiger partial charge on any atom is 0.264 e. The van der Waals surface area contributed by atoms with Gasteiger partial charge < -0.3 is 9.30 Å². The van der Waals surface area contributed by atoms with Crippen LogP contribution in [-0.4, -0.2) is 25.1 Å². The Labute approximate surface area is 153 Å². The van der Waals surface area contributed by atoms with E-state index in [0.717, 1.165) is 22.6 Å². The molecule has 0 fully saturated rings. The van der Waals surface area contributed by atoms with Crippen molar-refractivity contribution in [3.05, 3.63) is 71.5 Å². The third kappa shape index (κ3) is 4.05. The Morgan fingerprint density at radius 2 is 1.73 bits per heavy atom. The molecule has 1 N–H and O–H groups in total. The summed E-state index contributed by atoms with van der Waals surface area (Å²) in [5.74, 6) is 1.08. The third-order valence-corrected chi connectivity index (χ3v) is 5.37. The number of hydrogen-bond donors (Lipinski definition) is 1. The van der Waals surface area contributed by atoms with Gasteiger partial charge in [-0.05, 0) is 36.8 Å². The lowest BCUT2D eigenvalue weighted by molar-refractivity contribution is 0.414. The molecule has 1 aromatic heterocycles. The van der Waals surface area contributed by atoms with Crippen molar-refractivity contribution in [1.29, 1.82) is 0 Å². The van der Waals surface area contributed by atoms with Gasteiger partial charge in [-0.2, -0.15) is 0 Å². The maximum atomic E-state index is 12.5. The van der Waals surface area contributed by atoms with E-state index < -0.39 is 10.0 Å². The van der Waals surface area contributed by atoms with Crippen LogP contribution < -0.4 is 9.46 Å². The van der Waals surface area contributed by atoms with Gasteiger partial charge in [-0.15, -0.1) is 0 Å². The van der Waals surface area contributed by atoms with Crippen LogP contribution in [-0.2, 0) is 23.5 Å². The zero-order chi connectivity index (χ0) is 18.7. The highest BCUT2D eigenvalue weighted by atomic mass is 32.2. The third-order valence-electron chi connectivity index (χ3n) is 4.03. The fourth-order valence-electron chi connectivity index (χ4n) is 2.56. The molecule has 0 atom stereocenters. The van der Waals surface area contributed by atoms with Crippen LogP contribution in [0.15, 0.2) is 59.6 Å². The number of methoxy groups -OCH3 is 1. The molecular weight excluding hydrogens is 350 g/mol. The summed E-state index contributed by atoms with van der Waals surface area (Å²) >= 11 is 0. The molecular formula is C19H21N3O3S. The van der Waals surface area contributed by atoms with Crippen molar-refractivity contribution in [2.75, 3.05) is 11.8 Å². The first-order chi connectivity index (χ1) is 12.4. The van der Waals surface area contributed by atoms with E-state index in [4.69, 9.17) is 4.74 Å². The normalized spacial score (nSPS) is 11.3. The number of hydrogen-bond acceptors (Lipinski definition) is 4. The van der Waals surface area contributed by atoms with Crippen molar-refractivity contribution in [2.45, 2.75) is 18.2 Å². The summed E-state index contributed by atoms with van der Waals surface area (Å²) in [4.78, 5) is 4.63. The molecule has 136 valence electrons. The van der Waals surface area contributed by atoms with Gasteiger partial charge >= 0.3 is 0 Å². The zero-order valence-corrected chi connectivity index (χ0v) is 15.7. The highest BCUT2D eigenvalue weighted by molar-refractivity contribution is 7.92. The number of benzene rings is 2.